The Bertz CT molecular complexity index is 1240. The van der Waals surface area contributed by atoms with E-state index < -0.39 is 0 Å². The molecule has 2 N–H and O–H groups in total. The van der Waals surface area contributed by atoms with Crippen molar-refractivity contribution in [3.8, 4) is 0 Å². The number of ether oxygens (including phenoxy) is 1. The number of aryl methyl sites for hydroxylation is 1. The number of rotatable bonds is 8. The lowest BCUT2D eigenvalue weighted by Gasteiger charge is -2.16. The van der Waals surface area contributed by atoms with Crippen LogP contribution in [0.3, 0.4) is 0 Å². The largest absolute Gasteiger partial charge is 0.377 e. The van der Waals surface area contributed by atoms with Crippen molar-refractivity contribution >= 4 is 28.6 Å². The molecule has 9 heteroatoms. The van der Waals surface area contributed by atoms with Crippen LogP contribution in [-0.2, 0) is 18.4 Å². The van der Waals surface area contributed by atoms with Crippen molar-refractivity contribution in [2.75, 3.05) is 17.2 Å². The zero-order valence-corrected chi connectivity index (χ0v) is 18.2. The molecule has 4 aromatic rings. The average Bonchev–Trinajstić information content (AvgIpc) is 3.18. The van der Waals surface area contributed by atoms with Crippen LogP contribution in [0.4, 0.5) is 11.5 Å². The summed E-state index contributed by atoms with van der Waals surface area (Å²) in [6, 6.07) is 9.43. The van der Waals surface area contributed by atoms with Crippen molar-refractivity contribution in [1.82, 2.24) is 24.7 Å². The van der Waals surface area contributed by atoms with Crippen LogP contribution >= 0.6 is 0 Å². The first-order chi connectivity index (χ1) is 15.5. The van der Waals surface area contributed by atoms with E-state index in [9.17, 15) is 4.79 Å². The lowest BCUT2D eigenvalue weighted by molar-refractivity contribution is 0.102. The normalized spacial score (nSPS) is 12.0. The molecule has 3 heterocycles. The Morgan fingerprint density at radius 1 is 1.19 bits per heavy atom. The van der Waals surface area contributed by atoms with E-state index >= 15 is 0 Å². The lowest BCUT2D eigenvalue weighted by Crippen LogP contribution is -2.14. The molecule has 0 bridgehead atoms. The molecule has 0 saturated heterocycles. The number of aromatic nitrogens is 5. The monoisotopic (exact) mass is 431 g/mol. The minimum atomic E-state index is -0.221. The summed E-state index contributed by atoms with van der Waals surface area (Å²) in [5, 5.41) is 10.5. The molecule has 9 nitrogen and oxygen atoms in total. The number of nitrogens with one attached hydrogen (secondary N) is 2. The first-order valence-electron chi connectivity index (χ1n) is 10.4. The average molecular weight is 432 g/mol. The highest BCUT2D eigenvalue weighted by Gasteiger charge is 2.12. The van der Waals surface area contributed by atoms with Gasteiger partial charge >= 0.3 is 0 Å². The van der Waals surface area contributed by atoms with Gasteiger partial charge in [-0.3, -0.25) is 9.78 Å². The summed E-state index contributed by atoms with van der Waals surface area (Å²) in [5.41, 5.74) is 4.50. The van der Waals surface area contributed by atoms with Crippen LogP contribution in [0.5, 0.6) is 0 Å². The van der Waals surface area contributed by atoms with Crippen molar-refractivity contribution in [2.45, 2.75) is 26.5 Å². The quantitative estimate of drug-likeness (QED) is 0.438. The molecule has 3 aromatic heterocycles. The zero-order valence-electron chi connectivity index (χ0n) is 18.2. The smallest absolute Gasteiger partial charge is 0.257 e. The van der Waals surface area contributed by atoms with Crippen LogP contribution in [0, 0.1) is 0 Å². The summed E-state index contributed by atoms with van der Waals surface area (Å²) in [5.74, 6) is 0.432. The lowest BCUT2D eigenvalue weighted by atomic mass is 10.1. The van der Waals surface area contributed by atoms with Crippen LogP contribution in [-0.4, -0.2) is 37.2 Å². The molecular formula is C23H25N7O2. The van der Waals surface area contributed by atoms with Gasteiger partial charge in [-0.15, -0.1) is 0 Å². The van der Waals surface area contributed by atoms with E-state index in [4.69, 9.17) is 4.74 Å². The zero-order chi connectivity index (χ0) is 22.5. The predicted octanol–water partition coefficient (Wildman–Crippen LogP) is 3.72. The number of nitrogens with zero attached hydrogens (tertiary/aromatic N) is 5. The number of amides is 1. The molecule has 0 spiro atoms. The van der Waals surface area contributed by atoms with Gasteiger partial charge in [0.2, 0.25) is 0 Å². The standard InChI is InChI=1S/C23H25N7O2/c1-4-32-14-16-8-18(11-24-10-16)23(31)28-19-7-5-6-17(9-19)15(2)27-21-13-25-20-12-26-30(3)22(20)29-21/h5-13,15H,4,14H2,1-3H3,(H,27,29)(H,28,31)/t15-/m0/s1. The van der Waals surface area contributed by atoms with Crippen LogP contribution in [0.1, 0.15) is 41.4 Å². The van der Waals surface area contributed by atoms with Gasteiger partial charge in [0.25, 0.3) is 5.91 Å². The minimum absolute atomic E-state index is 0.0528. The molecule has 1 amide bonds. The van der Waals surface area contributed by atoms with Gasteiger partial charge in [0.05, 0.1) is 30.6 Å². The second kappa shape index (κ2) is 9.52. The van der Waals surface area contributed by atoms with E-state index in [2.05, 4.69) is 30.7 Å². The van der Waals surface area contributed by atoms with Gasteiger partial charge in [0.15, 0.2) is 5.65 Å². The maximum absolute atomic E-state index is 12.7. The van der Waals surface area contributed by atoms with E-state index in [-0.39, 0.29) is 11.9 Å². The fraction of sp³-hybridized carbons (Fsp3) is 0.261. The summed E-state index contributed by atoms with van der Waals surface area (Å²) >= 11 is 0. The summed E-state index contributed by atoms with van der Waals surface area (Å²) in [6.07, 6.45) is 6.62. The summed E-state index contributed by atoms with van der Waals surface area (Å²) in [7, 11) is 1.83. The van der Waals surface area contributed by atoms with Gasteiger partial charge in [-0.05, 0) is 43.2 Å². The molecular weight excluding hydrogens is 406 g/mol. The molecule has 1 aromatic carbocycles. The van der Waals surface area contributed by atoms with Gasteiger partial charge < -0.3 is 15.4 Å². The fourth-order valence-electron chi connectivity index (χ4n) is 3.29. The third-order valence-electron chi connectivity index (χ3n) is 4.98. The molecule has 0 unspecified atom stereocenters. The Hall–Kier alpha value is -3.85. The summed E-state index contributed by atoms with van der Waals surface area (Å²) < 4.78 is 7.08. The Balaban J connectivity index is 1.45. The number of benzene rings is 1. The van der Waals surface area contributed by atoms with Crippen molar-refractivity contribution in [3.05, 3.63) is 71.8 Å². The topological polar surface area (TPSA) is 107 Å². The van der Waals surface area contributed by atoms with E-state index in [1.165, 1.54) is 0 Å². The maximum Gasteiger partial charge on any atom is 0.257 e. The number of hydrogen-bond acceptors (Lipinski definition) is 7. The second-order valence-corrected chi connectivity index (χ2v) is 7.40. The summed E-state index contributed by atoms with van der Waals surface area (Å²) in [6.45, 7) is 4.99. The molecule has 32 heavy (non-hydrogen) atoms. The van der Waals surface area contributed by atoms with Gasteiger partial charge in [-0.1, -0.05) is 12.1 Å². The predicted molar refractivity (Wildman–Crippen MR) is 122 cm³/mol. The van der Waals surface area contributed by atoms with Gasteiger partial charge in [-0.25, -0.2) is 14.6 Å². The molecule has 0 aliphatic heterocycles. The first kappa shape index (κ1) is 21.4. The number of hydrogen-bond donors (Lipinski definition) is 2. The Labute approximate surface area is 185 Å². The van der Waals surface area contributed by atoms with Gasteiger partial charge in [-0.2, -0.15) is 5.10 Å². The molecule has 0 radical (unpaired) electrons. The first-order valence-corrected chi connectivity index (χ1v) is 10.4. The van der Waals surface area contributed by atoms with Crippen molar-refractivity contribution < 1.29 is 9.53 Å². The fourth-order valence-corrected chi connectivity index (χ4v) is 3.29. The third kappa shape index (κ3) is 4.89. The minimum Gasteiger partial charge on any atom is -0.377 e. The van der Waals surface area contributed by atoms with Gasteiger partial charge in [0.1, 0.15) is 11.3 Å². The molecule has 4 rings (SSSR count). The van der Waals surface area contributed by atoms with Crippen LogP contribution in [0.25, 0.3) is 11.2 Å². The molecule has 0 fully saturated rings. The van der Waals surface area contributed by atoms with E-state index in [0.29, 0.717) is 35.9 Å². The number of fused-ring (bicyclic) bond motifs is 1. The summed E-state index contributed by atoms with van der Waals surface area (Å²) in [4.78, 5) is 25.8. The van der Waals surface area contributed by atoms with Crippen molar-refractivity contribution in [1.29, 1.82) is 0 Å². The molecule has 1 atom stereocenters. The van der Waals surface area contributed by atoms with Gasteiger partial charge in [0, 0.05) is 31.7 Å². The highest BCUT2D eigenvalue weighted by atomic mass is 16.5. The number of anilines is 2. The van der Waals surface area contributed by atoms with Crippen molar-refractivity contribution in [3.63, 3.8) is 0 Å². The van der Waals surface area contributed by atoms with E-state index in [1.54, 1.807) is 35.5 Å². The van der Waals surface area contributed by atoms with Crippen LogP contribution in [0.15, 0.2) is 55.1 Å². The Kier molecular flexibility index (Phi) is 6.37. The second-order valence-electron chi connectivity index (χ2n) is 7.40. The van der Waals surface area contributed by atoms with Crippen LogP contribution in [0.2, 0.25) is 0 Å². The highest BCUT2D eigenvalue weighted by molar-refractivity contribution is 6.04. The van der Waals surface area contributed by atoms with Crippen molar-refractivity contribution in [2.24, 2.45) is 7.05 Å². The van der Waals surface area contributed by atoms with E-state index in [0.717, 1.165) is 16.6 Å². The molecule has 0 saturated carbocycles. The third-order valence-corrected chi connectivity index (χ3v) is 4.98. The molecule has 0 aliphatic carbocycles. The maximum atomic E-state index is 12.7. The Morgan fingerprint density at radius 2 is 2.06 bits per heavy atom. The number of pyridine rings is 1. The van der Waals surface area contributed by atoms with E-state index in [1.807, 2.05) is 45.2 Å². The van der Waals surface area contributed by atoms with Crippen LogP contribution < -0.4 is 10.6 Å². The number of carbonyl (C=O) groups excluding carboxylic acids is 1. The highest BCUT2D eigenvalue weighted by Crippen LogP contribution is 2.22. The Morgan fingerprint density at radius 3 is 2.91 bits per heavy atom. The number of carbonyl (C=O) groups is 1. The SMILES string of the molecule is CCOCc1cncc(C(=O)Nc2cccc([C@H](C)Nc3cnc4cnn(C)c4n3)c2)c1. The molecule has 0 aliphatic rings. The molecule has 164 valence electrons.